The Kier molecular flexibility index (Phi) is 3.46. The first-order chi connectivity index (χ1) is 7.03. The predicted octanol–water partition coefficient (Wildman–Crippen LogP) is 0.251. The van der Waals surface area contributed by atoms with Crippen molar-refractivity contribution in [2.24, 2.45) is 0 Å². The summed E-state index contributed by atoms with van der Waals surface area (Å²) in [7, 11) is -2.06. The van der Waals surface area contributed by atoms with Gasteiger partial charge < -0.3 is 10.5 Å². The Morgan fingerprint density at radius 1 is 1.47 bits per heavy atom. The molecule has 0 atom stereocenters. The van der Waals surface area contributed by atoms with Gasteiger partial charge in [-0.2, -0.15) is 4.98 Å². The third-order valence-electron chi connectivity index (χ3n) is 1.77. The minimum absolute atomic E-state index is 0.0113. The van der Waals surface area contributed by atoms with E-state index in [-0.39, 0.29) is 22.3 Å². The molecule has 2 N–H and O–H groups in total. The van der Waals surface area contributed by atoms with Gasteiger partial charge in [0, 0.05) is 0 Å². The maximum absolute atomic E-state index is 11.7. The lowest BCUT2D eigenvalue weighted by Crippen LogP contribution is -2.12. The third kappa shape index (κ3) is 2.35. The number of hydrogen-bond donors (Lipinski definition) is 1. The van der Waals surface area contributed by atoms with E-state index in [9.17, 15) is 8.42 Å². The molecule has 6 nitrogen and oxygen atoms in total. The van der Waals surface area contributed by atoms with Crippen LogP contribution in [0.5, 0.6) is 5.88 Å². The fraction of sp³-hybridized carbons (Fsp3) is 0.500. The molecule has 0 aliphatic heterocycles. The predicted molar refractivity (Wildman–Crippen MR) is 55.3 cm³/mol. The summed E-state index contributed by atoms with van der Waals surface area (Å²) in [6, 6.07) is 0. The standard InChI is InChI=1S/C8H13N3O3S/c1-3-4-15(12,13)8-6(9)7(14-2)10-5-11-8/h5H,3-4,9H2,1-2H3. The van der Waals surface area contributed by atoms with E-state index >= 15 is 0 Å². The maximum Gasteiger partial charge on any atom is 0.241 e. The maximum atomic E-state index is 11.7. The molecule has 0 bridgehead atoms. The number of nitrogens with zero attached hydrogens (tertiary/aromatic N) is 2. The van der Waals surface area contributed by atoms with Gasteiger partial charge in [-0.25, -0.2) is 13.4 Å². The molecule has 0 fully saturated rings. The van der Waals surface area contributed by atoms with Gasteiger partial charge in [-0.15, -0.1) is 0 Å². The van der Waals surface area contributed by atoms with Gasteiger partial charge in [0.15, 0.2) is 14.9 Å². The Hall–Kier alpha value is -1.37. The van der Waals surface area contributed by atoms with Gasteiger partial charge in [-0.1, -0.05) is 6.92 Å². The number of hydrogen-bond acceptors (Lipinski definition) is 6. The lowest BCUT2D eigenvalue weighted by molar-refractivity contribution is 0.397. The van der Waals surface area contributed by atoms with E-state index in [4.69, 9.17) is 10.5 Å². The molecule has 0 aromatic carbocycles. The van der Waals surface area contributed by atoms with Crippen LogP contribution in [0.2, 0.25) is 0 Å². The highest BCUT2D eigenvalue weighted by molar-refractivity contribution is 7.91. The van der Waals surface area contributed by atoms with Crippen LogP contribution in [-0.4, -0.2) is 31.2 Å². The van der Waals surface area contributed by atoms with Crippen molar-refractivity contribution in [3.05, 3.63) is 6.33 Å². The first-order valence-electron chi connectivity index (χ1n) is 4.40. The Labute approximate surface area is 88.4 Å². The zero-order valence-corrected chi connectivity index (χ0v) is 9.41. The van der Waals surface area contributed by atoms with Crippen LogP contribution in [0.15, 0.2) is 11.4 Å². The number of ether oxygens (including phenoxy) is 1. The Bertz CT molecular complexity index is 444. The number of aromatic nitrogens is 2. The summed E-state index contributed by atoms with van der Waals surface area (Å²) in [5, 5.41) is -0.156. The van der Waals surface area contributed by atoms with Gasteiger partial charge in [-0.05, 0) is 6.42 Å². The minimum atomic E-state index is -3.43. The van der Waals surface area contributed by atoms with Crippen LogP contribution >= 0.6 is 0 Å². The summed E-state index contributed by atoms with van der Waals surface area (Å²) in [4.78, 5) is 7.38. The van der Waals surface area contributed by atoms with E-state index in [2.05, 4.69) is 9.97 Å². The van der Waals surface area contributed by atoms with E-state index < -0.39 is 9.84 Å². The molecule has 0 unspecified atom stereocenters. The zero-order valence-electron chi connectivity index (χ0n) is 8.60. The molecule has 0 aliphatic rings. The Morgan fingerprint density at radius 2 is 2.13 bits per heavy atom. The second kappa shape index (κ2) is 4.43. The van der Waals surface area contributed by atoms with Gasteiger partial charge in [0.05, 0.1) is 12.9 Å². The number of rotatable bonds is 4. The lowest BCUT2D eigenvalue weighted by atomic mass is 10.5. The van der Waals surface area contributed by atoms with Crippen molar-refractivity contribution in [2.45, 2.75) is 18.4 Å². The highest BCUT2D eigenvalue weighted by Crippen LogP contribution is 2.24. The van der Waals surface area contributed by atoms with Crippen LogP contribution in [0, 0.1) is 0 Å². The van der Waals surface area contributed by atoms with Crippen LogP contribution < -0.4 is 10.5 Å². The van der Waals surface area contributed by atoms with Crippen molar-refractivity contribution in [3.63, 3.8) is 0 Å². The molecule has 1 heterocycles. The average Bonchev–Trinajstić information content (AvgIpc) is 2.17. The quantitative estimate of drug-likeness (QED) is 0.746. The second-order valence-corrected chi connectivity index (χ2v) is 4.95. The number of methoxy groups -OCH3 is 1. The summed E-state index contributed by atoms with van der Waals surface area (Å²) in [5.74, 6) is 0.0943. The summed E-state index contributed by atoms with van der Waals surface area (Å²) in [6.45, 7) is 1.77. The molecular formula is C8H13N3O3S. The highest BCUT2D eigenvalue weighted by atomic mass is 32.2. The molecule has 7 heteroatoms. The van der Waals surface area contributed by atoms with Gasteiger partial charge in [0.2, 0.25) is 5.88 Å². The number of nitrogen functional groups attached to an aromatic ring is 1. The topological polar surface area (TPSA) is 95.2 Å². The molecule has 0 saturated carbocycles. The zero-order chi connectivity index (χ0) is 11.5. The van der Waals surface area contributed by atoms with E-state index in [1.807, 2.05) is 0 Å². The van der Waals surface area contributed by atoms with Crippen LogP contribution in [-0.2, 0) is 9.84 Å². The van der Waals surface area contributed by atoms with Crippen LogP contribution in [0.3, 0.4) is 0 Å². The number of sulfone groups is 1. The summed E-state index contributed by atoms with van der Waals surface area (Å²) in [5.41, 5.74) is 5.55. The van der Waals surface area contributed by atoms with Crippen molar-refractivity contribution in [1.29, 1.82) is 0 Å². The summed E-state index contributed by atoms with van der Waals surface area (Å²) < 4.78 is 28.2. The molecule has 1 rings (SSSR count). The SMILES string of the molecule is CCCS(=O)(=O)c1ncnc(OC)c1N. The minimum Gasteiger partial charge on any atom is -0.479 e. The summed E-state index contributed by atoms with van der Waals surface area (Å²) in [6.07, 6.45) is 1.63. The van der Waals surface area contributed by atoms with Crippen molar-refractivity contribution in [2.75, 3.05) is 18.6 Å². The molecule has 0 aliphatic carbocycles. The van der Waals surface area contributed by atoms with Crippen LogP contribution in [0.1, 0.15) is 13.3 Å². The molecule has 1 aromatic heterocycles. The third-order valence-corrected chi connectivity index (χ3v) is 3.63. The smallest absolute Gasteiger partial charge is 0.241 e. The first kappa shape index (κ1) is 11.7. The number of nitrogens with two attached hydrogens (primary N) is 1. The molecule has 1 aromatic rings. The van der Waals surface area contributed by atoms with Gasteiger partial charge in [-0.3, -0.25) is 0 Å². The largest absolute Gasteiger partial charge is 0.479 e. The Balaban J connectivity index is 3.27. The van der Waals surface area contributed by atoms with Crippen molar-refractivity contribution in [1.82, 2.24) is 9.97 Å². The van der Waals surface area contributed by atoms with Crippen molar-refractivity contribution < 1.29 is 13.2 Å². The molecule has 84 valence electrons. The van der Waals surface area contributed by atoms with E-state index in [1.165, 1.54) is 7.11 Å². The molecule has 0 amide bonds. The molecule has 15 heavy (non-hydrogen) atoms. The highest BCUT2D eigenvalue weighted by Gasteiger charge is 2.21. The first-order valence-corrected chi connectivity index (χ1v) is 6.05. The normalized spacial score (nSPS) is 11.3. The van der Waals surface area contributed by atoms with Crippen LogP contribution in [0.25, 0.3) is 0 Å². The Morgan fingerprint density at radius 3 is 2.67 bits per heavy atom. The van der Waals surface area contributed by atoms with Crippen molar-refractivity contribution >= 4 is 15.5 Å². The lowest BCUT2D eigenvalue weighted by Gasteiger charge is -2.07. The monoisotopic (exact) mass is 231 g/mol. The van der Waals surface area contributed by atoms with E-state index in [0.29, 0.717) is 6.42 Å². The fourth-order valence-corrected chi connectivity index (χ4v) is 2.50. The fourth-order valence-electron chi connectivity index (χ4n) is 1.14. The molecular weight excluding hydrogens is 218 g/mol. The van der Waals surface area contributed by atoms with Crippen molar-refractivity contribution in [3.8, 4) is 5.88 Å². The average molecular weight is 231 g/mol. The molecule has 0 saturated heterocycles. The van der Waals surface area contributed by atoms with Gasteiger partial charge in [0.25, 0.3) is 0 Å². The molecule has 0 radical (unpaired) electrons. The van der Waals surface area contributed by atoms with Crippen LogP contribution in [0.4, 0.5) is 5.69 Å². The second-order valence-electron chi connectivity index (χ2n) is 2.92. The van der Waals surface area contributed by atoms with E-state index in [0.717, 1.165) is 6.33 Å². The van der Waals surface area contributed by atoms with Gasteiger partial charge >= 0.3 is 0 Å². The summed E-state index contributed by atoms with van der Waals surface area (Å²) >= 11 is 0. The van der Waals surface area contributed by atoms with E-state index in [1.54, 1.807) is 6.92 Å². The van der Waals surface area contributed by atoms with Gasteiger partial charge in [0.1, 0.15) is 12.0 Å². The molecule has 0 spiro atoms. The number of anilines is 1.